The Morgan fingerprint density at radius 2 is 2.06 bits per heavy atom. The quantitative estimate of drug-likeness (QED) is 0.357. The highest BCUT2D eigenvalue weighted by atomic mass is 79.9. The smallest absolute Gasteiger partial charge is 0.255 e. The summed E-state index contributed by atoms with van der Waals surface area (Å²) in [7, 11) is 1.60. The topological polar surface area (TPSA) is 103 Å². The van der Waals surface area contributed by atoms with Gasteiger partial charge in [0.1, 0.15) is 6.04 Å². The number of allylic oxidation sites excluding steroid dienone is 1. The number of hydrogen-bond acceptors (Lipinski definition) is 7. The number of aryl methyl sites for hydroxylation is 1. The van der Waals surface area contributed by atoms with E-state index in [1.165, 1.54) is 0 Å². The zero-order valence-corrected chi connectivity index (χ0v) is 21.8. The van der Waals surface area contributed by atoms with Gasteiger partial charge in [0, 0.05) is 11.4 Å². The van der Waals surface area contributed by atoms with E-state index in [2.05, 4.69) is 49.0 Å². The lowest BCUT2D eigenvalue weighted by atomic mass is 9.94. The van der Waals surface area contributed by atoms with Crippen molar-refractivity contribution in [3.8, 4) is 11.5 Å². The molecule has 1 aliphatic heterocycles. The molecule has 35 heavy (non-hydrogen) atoms. The number of carbonyl (C=O) groups excluding carboxylic acids is 1. The maximum absolute atomic E-state index is 13.6. The third-order valence-corrected chi connectivity index (χ3v) is 6.39. The van der Waals surface area contributed by atoms with Crippen LogP contribution in [-0.2, 0) is 4.79 Å². The highest BCUT2D eigenvalue weighted by Crippen LogP contribution is 2.42. The largest absolute Gasteiger partial charge is 0.493 e. The summed E-state index contributed by atoms with van der Waals surface area (Å²) in [6, 6.07) is 10.9. The van der Waals surface area contributed by atoms with Crippen molar-refractivity contribution in [3.63, 3.8) is 0 Å². The van der Waals surface area contributed by atoms with Gasteiger partial charge >= 0.3 is 0 Å². The van der Waals surface area contributed by atoms with E-state index in [4.69, 9.17) is 9.47 Å². The maximum atomic E-state index is 13.6. The van der Waals surface area contributed by atoms with E-state index in [1.807, 2.05) is 50.2 Å². The van der Waals surface area contributed by atoms with Gasteiger partial charge in [-0.05, 0) is 82.0 Å². The van der Waals surface area contributed by atoms with Gasteiger partial charge in [0.05, 0.1) is 23.8 Å². The average Bonchev–Trinajstić information content (AvgIpc) is 3.29. The highest BCUT2D eigenvalue weighted by molar-refractivity contribution is 9.10. The second kappa shape index (κ2) is 10.9. The normalized spacial score (nSPS) is 14.8. The third kappa shape index (κ3) is 5.32. The van der Waals surface area contributed by atoms with Crippen LogP contribution in [0.4, 0.5) is 11.6 Å². The molecule has 2 heterocycles. The Morgan fingerprint density at radius 1 is 1.23 bits per heavy atom. The molecule has 1 amide bonds. The molecule has 1 aliphatic rings. The van der Waals surface area contributed by atoms with Crippen molar-refractivity contribution in [3.05, 3.63) is 63.3 Å². The van der Waals surface area contributed by atoms with E-state index in [-0.39, 0.29) is 5.91 Å². The van der Waals surface area contributed by atoms with Gasteiger partial charge < -0.3 is 20.1 Å². The fourth-order valence-corrected chi connectivity index (χ4v) is 4.67. The van der Waals surface area contributed by atoms with Crippen LogP contribution in [0.15, 0.2) is 52.1 Å². The van der Waals surface area contributed by atoms with Crippen molar-refractivity contribution in [1.82, 2.24) is 20.2 Å². The third-order valence-electron chi connectivity index (χ3n) is 5.80. The summed E-state index contributed by atoms with van der Waals surface area (Å²) >= 11 is 3.64. The molecule has 10 heteroatoms. The molecule has 0 radical (unpaired) electrons. The summed E-state index contributed by atoms with van der Waals surface area (Å²) in [5.41, 5.74) is 3.71. The van der Waals surface area contributed by atoms with E-state index in [0.29, 0.717) is 41.0 Å². The van der Waals surface area contributed by atoms with Crippen molar-refractivity contribution in [1.29, 1.82) is 0 Å². The molecule has 0 bridgehead atoms. The van der Waals surface area contributed by atoms with Crippen molar-refractivity contribution in [2.45, 2.75) is 46.1 Å². The number of halogens is 1. The van der Waals surface area contributed by atoms with Crippen LogP contribution in [0.2, 0.25) is 0 Å². The van der Waals surface area contributed by atoms with Crippen LogP contribution in [0, 0.1) is 6.92 Å². The van der Waals surface area contributed by atoms with E-state index in [1.54, 1.807) is 11.8 Å². The number of tetrazole rings is 1. The second-order valence-corrected chi connectivity index (χ2v) is 9.28. The number of benzene rings is 2. The van der Waals surface area contributed by atoms with Crippen LogP contribution in [-0.4, -0.2) is 39.8 Å². The van der Waals surface area contributed by atoms with E-state index in [0.717, 1.165) is 34.9 Å². The summed E-state index contributed by atoms with van der Waals surface area (Å²) in [6.45, 7) is 6.57. The summed E-state index contributed by atoms with van der Waals surface area (Å²) in [5, 5.41) is 18.2. The van der Waals surface area contributed by atoms with Crippen LogP contribution in [0.1, 0.15) is 50.3 Å². The summed E-state index contributed by atoms with van der Waals surface area (Å²) in [5.74, 6) is 1.40. The number of rotatable bonds is 9. The number of anilines is 2. The Labute approximate surface area is 213 Å². The molecule has 4 rings (SSSR count). The first-order valence-corrected chi connectivity index (χ1v) is 12.4. The number of fused-ring (bicyclic) bond motifs is 1. The van der Waals surface area contributed by atoms with Gasteiger partial charge in [0.2, 0.25) is 5.95 Å². The molecule has 3 aromatic rings. The summed E-state index contributed by atoms with van der Waals surface area (Å²) < 4.78 is 14.0. The molecule has 1 aromatic heterocycles. The van der Waals surface area contributed by atoms with Crippen LogP contribution in [0.3, 0.4) is 0 Å². The lowest BCUT2D eigenvalue weighted by Crippen LogP contribution is -2.31. The van der Waals surface area contributed by atoms with Gasteiger partial charge in [-0.3, -0.25) is 4.79 Å². The van der Waals surface area contributed by atoms with Crippen LogP contribution < -0.4 is 20.1 Å². The molecular formula is C25H29BrN6O3. The van der Waals surface area contributed by atoms with E-state index in [9.17, 15) is 4.79 Å². The Morgan fingerprint density at radius 3 is 2.80 bits per heavy atom. The molecule has 0 aliphatic carbocycles. The van der Waals surface area contributed by atoms with Crippen molar-refractivity contribution in [2.24, 2.45) is 0 Å². The maximum Gasteiger partial charge on any atom is 0.255 e. The lowest BCUT2D eigenvalue weighted by molar-refractivity contribution is -0.113. The fourth-order valence-electron chi connectivity index (χ4n) is 4.10. The van der Waals surface area contributed by atoms with E-state index >= 15 is 0 Å². The Kier molecular flexibility index (Phi) is 7.70. The minimum atomic E-state index is -0.578. The Balaban J connectivity index is 1.72. The van der Waals surface area contributed by atoms with Gasteiger partial charge in [0.15, 0.2) is 11.5 Å². The van der Waals surface area contributed by atoms with Crippen LogP contribution in [0.5, 0.6) is 11.5 Å². The first-order valence-electron chi connectivity index (χ1n) is 11.6. The number of nitrogens with one attached hydrogen (secondary N) is 2. The van der Waals surface area contributed by atoms with E-state index < -0.39 is 6.04 Å². The zero-order chi connectivity index (χ0) is 24.9. The second-order valence-electron chi connectivity index (χ2n) is 8.43. The molecule has 2 aromatic carbocycles. The number of amides is 1. The average molecular weight is 541 g/mol. The number of unbranched alkanes of at least 4 members (excludes halogenated alkanes) is 2. The molecule has 1 atom stereocenters. The van der Waals surface area contributed by atoms with Crippen molar-refractivity contribution >= 4 is 33.5 Å². The first-order chi connectivity index (χ1) is 16.9. The first kappa shape index (κ1) is 24.7. The fraction of sp³-hybridized carbons (Fsp3) is 0.360. The molecule has 1 unspecified atom stereocenters. The van der Waals surface area contributed by atoms with Gasteiger partial charge in [-0.1, -0.05) is 37.0 Å². The molecule has 0 saturated carbocycles. The van der Waals surface area contributed by atoms with Crippen LogP contribution >= 0.6 is 15.9 Å². The van der Waals surface area contributed by atoms with Gasteiger partial charge in [0.25, 0.3) is 5.91 Å². The molecule has 0 saturated heterocycles. The lowest BCUT2D eigenvalue weighted by Gasteiger charge is -2.28. The number of aromatic nitrogens is 4. The number of ether oxygens (including phenoxy) is 2. The minimum Gasteiger partial charge on any atom is -0.493 e. The van der Waals surface area contributed by atoms with Crippen molar-refractivity contribution in [2.75, 3.05) is 24.4 Å². The molecule has 2 N–H and O–H groups in total. The predicted octanol–water partition coefficient (Wildman–Crippen LogP) is 5.25. The molecule has 0 spiro atoms. The Bertz CT molecular complexity index is 1260. The SMILES string of the molecule is CCCCCOc1c(Br)cc(C2C(C(=O)Nc3cccc(C)c3)=C(C)Nc3nnnn32)cc1OC. The van der Waals surface area contributed by atoms with Crippen molar-refractivity contribution < 1.29 is 14.3 Å². The number of hydrogen-bond donors (Lipinski definition) is 2. The summed E-state index contributed by atoms with van der Waals surface area (Å²) in [6.07, 6.45) is 3.17. The number of methoxy groups -OCH3 is 1. The number of nitrogens with zero attached hydrogens (tertiary/aromatic N) is 4. The molecule has 184 valence electrons. The van der Waals surface area contributed by atoms with Gasteiger partial charge in [-0.25, -0.2) is 0 Å². The zero-order valence-electron chi connectivity index (χ0n) is 20.3. The number of carbonyl (C=O) groups is 1. The molecule has 0 fully saturated rings. The molecular weight excluding hydrogens is 512 g/mol. The predicted molar refractivity (Wildman–Crippen MR) is 138 cm³/mol. The van der Waals surface area contributed by atoms with Gasteiger partial charge in [-0.2, -0.15) is 4.68 Å². The minimum absolute atomic E-state index is 0.248. The highest BCUT2D eigenvalue weighted by Gasteiger charge is 2.35. The molecule has 9 nitrogen and oxygen atoms in total. The monoisotopic (exact) mass is 540 g/mol. The summed E-state index contributed by atoms with van der Waals surface area (Å²) in [4.78, 5) is 13.6. The Hall–Kier alpha value is -3.40. The van der Waals surface area contributed by atoms with Gasteiger partial charge in [-0.15, -0.1) is 0 Å². The van der Waals surface area contributed by atoms with Crippen LogP contribution in [0.25, 0.3) is 0 Å². The standard InChI is InChI=1S/C25H29BrN6O3/c1-5-6-7-11-35-23-19(26)13-17(14-20(23)34-4)22-21(16(3)27-25-29-30-31-32(22)25)24(33)28-18-10-8-9-15(2)12-18/h8-10,12-14,22H,5-7,11H2,1-4H3,(H,28,33)(H,27,29,31).